The Morgan fingerprint density at radius 3 is 2.64 bits per heavy atom. The Kier molecular flexibility index (Phi) is 4.14. The molecule has 3 aliphatic rings. The minimum Gasteiger partial charge on any atom is -0.384 e. The molecule has 1 spiro atoms. The van der Waals surface area contributed by atoms with Crippen LogP contribution in [0.25, 0.3) is 0 Å². The van der Waals surface area contributed by atoms with E-state index in [1.165, 1.54) is 12.8 Å². The first kappa shape index (κ1) is 16.7. The van der Waals surface area contributed by atoms with Crippen molar-refractivity contribution >= 4 is 29.1 Å². The molecule has 4 rings (SSSR count). The van der Waals surface area contributed by atoms with Crippen molar-refractivity contribution in [3.8, 4) is 0 Å². The van der Waals surface area contributed by atoms with Gasteiger partial charge in [0, 0.05) is 24.7 Å². The topological polar surface area (TPSA) is 61.4 Å². The predicted molar refractivity (Wildman–Crippen MR) is 98.1 cm³/mol. The fraction of sp³-hybridized carbons (Fsp3) is 0.579. The van der Waals surface area contributed by atoms with E-state index in [2.05, 4.69) is 10.6 Å². The molecule has 25 heavy (non-hydrogen) atoms. The molecule has 1 saturated heterocycles. The van der Waals surface area contributed by atoms with Gasteiger partial charge in [0.15, 0.2) is 0 Å². The number of carbonyl (C=O) groups is 2. The standard InChI is InChI=1S/C19H24ClN3O2/c1-12(18(25)23-10-7-19(5-6-19)8-11-23)22-17(24)14-2-3-15(20)13-4-9-21-16(13)14/h2-3,12,21H,4-11H2,1H3,(H,22,24)/t12-/m0/s1. The highest BCUT2D eigenvalue weighted by Gasteiger charge is 2.45. The monoisotopic (exact) mass is 361 g/mol. The van der Waals surface area contributed by atoms with Crippen LogP contribution < -0.4 is 10.6 Å². The van der Waals surface area contributed by atoms with Crippen LogP contribution in [-0.4, -0.2) is 42.4 Å². The zero-order valence-corrected chi connectivity index (χ0v) is 15.3. The van der Waals surface area contributed by atoms with Crippen LogP contribution >= 0.6 is 11.6 Å². The number of hydrogen-bond donors (Lipinski definition) is 2. The van der Waals surface area contributed by atoms with Gasteiger partial charge in [-0.1, -0.05) is 11.6 Å². The number of nitrogens with one attached hydrogen (secondary N) is 2. The molecule has 2 aliphatic heterocycles. The first-order valence-corrected chi connectivity index (χ1v) is 9.52. The van der Waals surface area contributed by atoms with E-state index in [0.29, 0.717) is 16.0 Å². The highest BCUT2D eigenvalue weighted by atomic mass is 35.5. The lowest BCUT2D eigenvalue weighted by atomic mass is 9.93. The zero-order chi connectivity index (χ0) is 17.6. The molecule has 0 radical (unpaired) electrons. The van der Waals surface area contributed by atoms with Crippen LogP contribution in [0.4, 0.5) is 5.69 Å². The van der Waals surface area contributed by atoms with Crippen LogP contribution in [0.2, 0.25) is 5.02 Å². The molecular weight excluding hydrogens is 338 g/mol. The second-order valence-corrected chi connectivity index (χ2v) is 8.05. The summed E-state index contributed by atoms with van der Waals surface area (Å²) in [4.78, 5) is 27.2. The quantitative estimate of drug-likeness (QED) is 0.870. The molecule has 2 fully saturated rings. The van der Waals surface area contributed by atoms with Crippen LogP contribution in [0.15, 0.2) is 12.1 Å². The maximum Gasteiger partial charge on any atom is 0.254 e. The lowest BCUT2D eigenvalue weighted by molar-refractivity contribution is -0.134. The van der Waals surface area contributed by atoms with Gasteiger partial charge in [0.1, 0.15) is 6.04 Å². The van der Waals surface area contributed by atoms with Crippen molar-refractivity contribution in [1.82, 2.24) is 10.2 Å². The lowest BCUT2D eigenvalue weighted by Gasteiger charge is -2.34. The molecule has 1 aromatic carbocycles. The number of rotatable bonds is 3. The van der Waals surface area contributed by atoms with E-state index >= 15 is 0 Å². The largest absolute Gasteiger partial charge is 0.384 e. The van der Waals surface area contributed by atoms with Crippen molar-refractivity contribution in [3.63, 3.8) is 0 Å². The maximum atomic E-state index is 12.7. The number of piperidine rings is 1. The zero-order valence-electron chi connectivity index (χ0n) is 14.5. The SMILES string of the molecule is C[C@H](NC(=O)c1ccc(Cl)c2c1NCC2)C(=O)N1CCC2(CC1)CC2. The third kappa shape index (κ3) is 3.10. The fourth-order valence-electron chi connectivity index (χ4n) is 4.06. The minimum atomic E-state index is -0.520. The van der Waals surface area contributed by atoms with Crippen LogP contribution in [0, 0.1) is 5.41 Å². The minimum absolute atomic E-state index is 0.0161. The Morgan fingerprint density at radius 2 is 1.96 bits per heavy atom. The summed E-state index contributed by atoms with van der Waals surface area (Å²) >= 11 is 6.20. The Hall–Kier alpha value is -1.75. The third-order valence-corrected chi connectivity index (χ3v) is 6.34. The van der Waals surface area contributed by atoms with E-state index in [4.69, 9.17) is 11.6 Å². The molecule has 5 nitrogen and oxygen atoms in total. The fourth-order valence-corrected chi connectivity index (χ4v) is 4.31. The Labute approximate surface area is 153 Å². The molecule has 1 saturated carbocycles. The Morgan fingerprint density at radius 1 is 1.24 bits per heavy atom. The van der Waals surface area contributed by atoms with Gasteiger partial charge in [-0.25, -0.2) is 0 Å². The molecule has 134 valence electrons. The van der Waals surface area contributed by atoms with Gasteiger partial charge in [-0.3, -0.25) is 9.59 Å². The predicted octanol–water partition coefficient (Wildman–Crippen LogP) is 2.83. The molecule has 0 bridgehead atoms. The van der Waals surface area contributed by atoms with E-state index in [1.807, 2.05) is 4.90 Å². The number of halogens is 1. The molecule has 1 aliphatic carbocycles. The maximum absolute atomic E-state index is 12.7. The van der Waals surface area contributed by atoms with Crippen molar-refractivity contribution in [2.45, 2.75) is 45.1 Å². The van der Waals surface area contributed by atoms with Gasteiger partial charge in [-0.2, -0.15) is 0 Å². The van der Waals surface area contributed by atoms with E-state index in [-0.39, 0.29) is 11.8 Å². The number of carbonyl (C=O) groups excluding carboxylic acids is 2. The molecular formula is C19H24ClN3O2. The molecule has 0 unspecified atom stereocenters. The number of nitrogens with zero attached hydrogens (tertiary/aromatic N) is 1. The smallest absolute Gasteiger partial charge is 0.254 e. The number of hydrogen-bond acceptors (Lipinski definition) is 3. The second-order valence-electron chi connectivity index (χ2n) is 7.65. The summed E-state index contributed by atoms with van der Waals surface area (Å²) in [5.74, 6) is -0.207. The van der Waals surface area contributed by atoms with Gasteiger partial charge in [-0.05, 0) is 62.1 Å². The Bertz CT molecular complexity index is 720. The van der Waals surface area contributed by atoms with Crippen molar-refractivity contribution in [1.29, 1.82) is 0 Å². The molecule has 2 N–H and O–H groups in total. The average molecular weight is 362 g/mol. The molecule has 6 heteroatoms. The molecule has 1 atom stereocenters. The van der Waals surface area contributed by atoms with Crippen LogP contribution in [0.5, 0.6) is 0 Å². The highest BCUT2D eigenvalue weighted by Crippen LogP contribution is 2.53. The number of anilines is 1. The number of fused-ring (bicyclic) bond motifs is 1. The summed E-state index contributed by atoms with van der Waals surface area (Å²) in [6, 6.07) is 2.96. The van der Waals surface area contributed by atoms with E-state index < -0.39 is 6.04 Å². The number of benzene rings is 1. The average Bonchev–Trinajstić information content (AvgIpc) is 3.16. The van der Waals surface area contributed by atoms with Gasteiger partial charge in [0.2, 0.25) is 5.91 Å². The van der Waals surface area contributed by atoms with E-state index in [9.17, 15) is 9.59 Å². The van der Waals surface area contributed by atoms with Crippen molar-refractivity contribution in [2.75, 3.05) is 25.0 Å². The first-order chi connectivity index (χ1) is 12.0. The summed E-state index contributed by atoms with van der Waals surface area (Å²) in [7, 11) is 0. The number of amides is 2. The van der Waals surface area contributed by atoms with E-state index in [0.717, 1.165) is 50.1 Å². The van der Waals surface area contributed by atoms with Gasteiger partial charge in [-0.15, -0.1) is 0 Å². The summed E-state index contributed by atoms with van der Waals surface area (Å²) in [5.41, 5.74) is 2.89. The van der Waals surface area contributed by atoms with Crippen LogP contribution in [0.1, 0.15) is 48.5 Å². The normalized spacial score (nSPS) is 21.4. The summed E-state index contributed by atoms with van der Waals surface area (Å²) in [6.45, 7) is 4.18. The van der Waals surface area contributed by atoms with Gasteiger partial charge >= 0.3 is 0 Å². The summed E-state index contributed by atoms with van der Waals surface area (Å²) < 4.78 is 0. The van der Waals surface area contributed by atoms with Crippen molar-refractivity contribution < 1.29 is 9.59 Å². The van der Waals surface area contributed by atoms with E-state index in [1.54, 1.807) is 19.1 Å². The molecule has 0 aromatic heterocycles. The van der Waals surface area contributed by atoms with Crippen LogP contribution in [0.3, 0.4) is 0 Å². The second kappa shape index (κ2) is 6.20. The van der Waals surface area contributed by atoms with Crippen molar-refractivity contribution in [3.05, 3.63) is 28.3 Å². The van der Waals surface area contributed by atoms with Gasteiger partial charge in [0.05, 0.1) is 11.3 Å². The third-order valence-electron chi connectivity index (χ3n) is 5.99. The van der Waals surface area contributed by atoms with Gasteiger partial charge < -0.3 is 15.5 Å². The molecule has 2 heterocycles. The lowest BCUT2D eigenvalue weighted by Crippen LogP contribution is -2.49. The first-order valence-electron chi connectivity index (χ1n) is 9.14. The molecule has 2 amide bonds. The molecule has 1 aromatic rings. The summed E-state index contributed by atoms with van der Waals surface area (Å²) in [6.07, 6.45) is 5.66. The number of likely N-dealkylation sites (tertiary alicyclic amines) is 1. The highest BCUT2D eigenvalue weighted by molar-refractivity contribution is 6.32. The van der Waals surface area contributed by atoms with Gasteiger partial charge in [0.25, 0.3) is 5.91 Å². The van der Waals surface area contributed by atoms with Crippen molar-refractivity contribution in [2.24, 2.45) is 5.41 Å². The Balaban J connectivity index is 1.41. The summed E-state index contributed by atoms with van der Waals surface area (Å²) in [5, 5.41) is 6.78. The van der Waals surface area contributed by atoms with Crippen LogP contribution in [-0.2, 0) is 11.2 Å².